The van der Waals surface area contributed by atoms with Gasteiger partial charge in [-0.3, -0.25) is 0 Å². The molecule has 6 atom stereocenters. The highest BCUT2D eigenvalue weighted by atomic mass is 16.3. The summed E-state index contributed by atoms with van der Waals surface area (Å²) in [5.41, 5.74) is 3.53. The predicted octanol–water partition coefficient (Wildman–Crippen LogP) is 4.81. The lowest BCUT2D eigenvalue weighted by Crippen LogP contribution is -2.49. The summed E-state index contributed by atoms with van der Waals surface area (Å²) in [4.78, 5) is 0. The summed E-state index contributed by atoms with van der Waals surface area (Å²) in [6, 6.07) is 0. The van der Waals surface area contributed by atoms with Crippen molar-refractivity contribution >= 4 is 0 Å². The van der Waals surface area contributed by atoms with E-state index in [9.17, 15) is 5.11 Å². The van der Waals surface area contributed by atoms with Crippen molar-refractivity contribution in [3.8, 4) is 0 Å². The number of allylic oxidation sites excluding steroid dienone is 5. The first-order valence-electron chi connectivity index (χ1n) is 8.91. The summed E-state index contributed by atoms with van der Waals surface area (Å²) in [5.74, 6) is 2.35. The number of aliphatic hydroxyl groups excluding tert-OH is 1. The zero-order valence-electron chi connectivity index (χ0n) is 13.9. The molecule has 0 aromatic heterocycles. The van der Waals surface area contributed by atoms with E-state index in [1.807, 2.05) is 6.08 Å². The molecule has 0 bridgehead atoms. The third-order valence-electron chi connectivity index (χ3n) is 7.52. The Hall–Kier alpha value is -1.08. The molecule has 1 nitrogen and oxygen atoms in total. The molecule has 1 N–H and O–H groups in total. The van der Waals surface area contributed by atoms with Gasteiger partial charge in [-0.1, -0.05) is 56.4 Å². The summed E-state index contributed by atoms with van der Waals surface area (Å²) in [7, 11) is 0. The minimum Gasteiger partial charge on any atom is -0.385 e. The topological polar surface area (TPSA) is 20.2 Å². The molecule has 118 valence electrons. The van der Waals surface area contributed by atoms with Gasteiger partial charge in [0.25, 0.3) is 0 Å². The van der Waals surface area contributed by atoms with Crippen LogP contribution in [0.1, 0.15) is 46.0 Å². The molecule has 4 rings (SSSR count). The Balaban J connectivity index is 1.69. The molecule has 1 heteroatoms. The lowest BCUT2D eigenvalue weighted by Gasteiger charge is -2.56. The zero-order valence-corrected chi connectivity index (χ0v) is 13.9. The van der Waals surface area contributed by atoms with Crippen LogP contribution in [0.4, 0.5) is 0 Å². The van der Waals surface area contributed by atoms with E-state index >= 15 is 0 Å². The fourth-order valence-electron chi connectivity index (χ4n) is 6.23. The number of aliphatic hydroxyl groups is 1. The molecule has 0 spiro atoms. The van der Waals surface area contributed by atoms with Gasteiger partial charge in [0, 0.05) is 5.41 Å². The van der Waals surface area contributed by atoms with E-state index in [1.165, 1.54) is 36.8 Å². The van der Waals surface area contributed by atoms with Crippen molar-refractivity contribution < 1.29 is 5.11 Å². The third-order valence-corrected chi connectivity index (χ3v) is 7.52. The highest BCUT2D eigenvalue weighted by molar-refractivity contribution is 5.37. The molecule has 2 fully saturated rings. The Morgan fingerprint density at radius 3 is 2.86 bits per heavy atom. The summed E-state index contributed by atoms with van der Waals surface area (Å²) < 4.78 is 0. The normalized spacial score (nSPS) is 49.6. The van der Waals surface area contributed by atoms with Gasteiger partial charge in [-0.2, -0.15) is 0 Å². The first-order chi connectivity index (χ1) is 10.5. The average molecular weight is 296 g/mol. The Kier molecular flexibility index (Phi) is 3.10. The van der Waals surface area contributed by atoms with E-state index in [2.05, 4.69) is 44.7 Å². The number of fused-ring (bicyclic) bond motifs is 5. The van der Waals surface area contributed by atoms with Gasteiger partial charge in [0.05, 0.1) is 6.10 Å². The molecular formula is C21H28O. The van der Waals surface area contributed by atoms with Crippen LogP contribution in [-0.4, -0.2) is 11.2 Å². The molecule has 0 radical (unpaired) electrons. The van der Waals surface area contributed by atoms with Crippen molar-refractivity contribution in [2.75, 3.05) is 0 Å². The predicted molar refractivity (Wildman–Crippen MR) is 91.3 cm³/mol. The van der Waals surface area contributed by atoms with Crippen molar-refractivity contribution in [2.24, 2.45) is 28.6 Å². The minimum absolute atomic E-state index is 0.181. The highest BCUT2D eigenvalue weighted by Crippen LogP contribution is 2.64. The number of rotatable bonds is 1. The maximum Gasteiger partial charge on any atom is 0.0905 e. The molecule has 0 aliphatic heterocycles. The van der Waals surface area contributed by atoms with E-state index in [-0.39, 0.29) is 11.5 Å². The Morgan fingerprint density at radius 1 is 1.27 bits per heavy atom. The average Bonchev–Trinajstić information content (AvgIpc) is 2.84. The van der Waals surface area contributed by atoms with Crippen LogP contribution in [-0.2, 0) is 0 Å². The number of hydrogen-bond donors (Lipinski definition) is 1. The van der Waals surface area contributed by atoms with Crippen molar-refractivity contribution in [2.45, 2.75) is 52.1 Å². The van der Waals surface area contributed by atoms with Crippen LogP contribution in [0.2, 0.25) is 0 Å². The quantitative estimate of drug-likeness (QED) is 0.689. The van der Waals surface area contributed by atoms with Crippen molar-refractivity contribution in [3.05, 3.63) is 48.1 Å². The monoisotopic (exact) mass is 296 g/mol. The fraction of sp³-hybridized carbons (Fsp3) is 0.619. The van der Waals surface area contributed by atoms with Gasteiger partial charge in [-0.05, 0) is 60.8 Å². The highest BCUT2D eigenvalue weighted by Gasteiger charge is 2.55. The van der Waals surface area contributed by atoms with Gasteiger partial charge in [0.1, 0.15) is 0 Å². The van der Waals surface area contributed by atoms with Crippen molar-refractivity contribution in [1.82, 2.24) is 0 Å². The third kappa shape index (κ3) is 1.75. The Bertz CT molecular complexity index is 595. The first-order valence-corrected chi connectivity index (χ1v) is 8.91. The van der Waals surface area contributed by atoms with Gasteiger partial charge in [-0.25, -0.2) is 0 Å². The van der Waals surface area contributed by atoms with Crippen molar-refractivity contribution in [1.29, 1.82) is 0 Å². The van der Waals surface area contributed by atoms with E-state index in [4.69, 9.17) is 0 Å². The smallest absolute Gasteiger partial charge is 0.0905 e. The lowest BCUT2D eigenvalue weighted by molar-refractivity contribution is -0.00588. The SMILES string of the molecule is C=CC1=CCC2C3CCC4=CC(O)C=CC4(C)C3CCC12C. The second kappa shape index (κ2) is 4.71. The summed E-state index contributed by atoms with van der Waals surface area (Å²) in [6.07, 6.45) is 16.9. The van der Waals surface area contributed by atoms with Crippen LogP contribution in [0, 0.1) is 28.6 Å². The van der Waals surface area contributed by atoms with Crippen LogP contribution in [0.15, 0.2) is 48.1 Å². The van der Waals surface area contributed by atoms with E-state index in [1.54, 1.807) is 0 Å². The molecule has 22 heavy (non-hydrogen) atoms. The zero-order chi connectivity index (χ0) is 15.5. The van der Waals surface area contributed by atoms with Crippen LogP contribution in [0.5, 0.6) is 0 Å². The van der Waals surface area contributed by atoms with E-state index in [0.717, 1.165) is 24.2 Å². The van der Waals surface area contributed by atoms with Gasteiger partial charge >= 0.3 is 0 Å². The van der Waals surface area contributed by atoms with Gasteiger partial charge in [-0.15, -0.1) is 0 Å². The first kappa shape index (κ1) is 14.5. The molecule has 6 unspecified atom stereocenters. The standard InChI is InChI=1S/C21H28O/c1-4-14-6-8-18-17-7-5-15-13-16(22)9-11-21(15,3)19(17)10-12-20(14,18)2/h4,6,9,11,13,16-19,22H,1,5,7-8,10,12H2,2-3H3. The lowest BCUT2D eigenvalue weighted by atomic mass is 9.48. The summed E-state index contributed by atoms with van der Waals surface area (Å²) >= 11 is 0. The maximum absolute atomic E-state index is 9.93. The molecule has 0 amide bonds. The Morgan fingerprint density at radius 2 is 2.09 bits per heavy atom. The fourth-order valence-corrected chi connectivity index (χ4v) is 6.23. The van der Waals surface area contributed by atoms with E-state index < -0.39 is 0 Å². The van der Waals surface area contributed by atoms with Gasteiger partial charge < -0.3 is 5.11 Å². The molecule has 0 aromatic rings. The number of hydrogen-bond acceptors (Lipinski definition) is 1. The van der Waals surface area contributed by atoms with Crippen LogP contribution < -0.4 is 0 Å². The summed E-state index contributed by atoms with van der Waals surface area (Å²) in [6.45, 7) is 8.94. The minimum atomic E-state index is -0.367. The molecule has 0 aromatic carbocycles. The molecular weight excluding hydrogens is 268 g/mol. The second-order valence-electron chi connectivity index (χ2n) is 8.30. The summed E-state index contributed by atoms with van der Waals surface area (Å²) in [5, 5.41) is 9.93. The molecule has 4 aliphatic rings. The second-order valence-corrected chi connectivity index (χ2v) is 8.30. The van der Waals surface area contributed by atoms with Crippen LogP contribution >= 0.6 is 0 Å². The Labute approximate surface area is 134 Å². The van der Waals surface area contributed by atoms with Gasteiger partial charge in [0.15, 0.2) is 0 Å². The largest absolute Gasteiger partial charge is 0.385 e. The van der Waals surface area contributed by atoms with E-state index in [0.29, 0.717) is 5.41 Å². The van der Waals surface area contributed by atoms with Crippen LogP contribution in [0.3, 0.4) is 0 Å². The molecule has 4 aliphatic carbocycles. The molecule has 2 saturated carbocycles. The molecule has 0 heterocycles. The van der Waals surface area contributed by atoms with Crippen molar-refractivity contribution in [3.63, 3.8) is 0 Å². The molecule has 0 saturated heterocycles. The van der Waals surface area contributed by atoms with Crippen LogP contribution in [0.25, 0.3) is 0 Å². The van der Waals surface area contributed by atoms with Gasteiger partial charge in [0.2, 0.25) is 0 Å². The maximum atomic E-state index is 9.93.